The molecule has 10 aromatic carbocycles. The van der Waals surface area contributed by atoms with Crippen LogP contribution in [-0.2, 0) is 10.8 Å². The Bertz CT molecular complexity index is 3610. The average Bonchev–Trinajstić information content (AvgIpc) is 3.72. The standard InChI is InChI=1S/C66H58N2/c1-41(2)43-27-31-47(32-28-43)67(61-25-15-19-45-17-9-11-21-50(45)61)49-35-36-52-55-38-59-56(39-58(55)65(5,6)57(52)37-49)64-54-24-14-13-23-53(54)63(40-60(64)66(59,7)8)68(48-33-29-44(30-34-48)42(3)4)62-26-16-20-46-18-10-12-22-51(46)62/h9-42H,1-8H3. The minimum Gasteiger partial charge on any atom is -0.310 e. The molecule has 2 heteroatoms. The van der Waals surface area contributed by atoms with Gasteiger partial charge < -0.3 is 9.80 Å². The Balaban J connectivity index is 1.02. The maximum atomic E-state index is 2.57. The molecule has 0 atom stereocenters. The Labute approximate surface area is 402 Å². The van der Waals surface area contributed by atoms with E-state index < -0.39 is 0 Å². The van der Waals surface area contributed by atoms with Gasteiger partial charge in [0.05, 0.1) is 17.1 Å². The van der Waals surface area contributed by atoms with Crippen molar-refractivity contribution in [2.45, 2.75) is 78.1 Å². The van der Waals surface area contributed by atoms with Crippen LogP contribution >= 0.6 is 0 Å². The van der Waals surface area contributed by atoms with E-state index in [0.29, 0.717) is 11.8 Å². The third-order valence-electron chi connectivity index (χ3n) is 15.6. The third-order valence-corrected chi connectivity index (χ3v) is 15.6. The van der Waals surface area contributed by atoms with Gasteiger partial charge >= 0.3 is 0 Å². The molecule has 10 aromatic rings. The van der Waals surface area contributed by atoms with Gasteiger partial charge in [-0.15, -0.1) is 0 Å². The minimum absolute atomic E-state index is 0.239. The van der Waals surface area contributed by atoms with Crippen LogP contribution in [0.3, 0.4) is 0 Å². The number of fused-ring (bicyclic) bond motifs is 10. The van der Waals surface area contributed by atoms with Crippen LogP contribution in [0.25, 0.3) is 54.6 Å². The Morgan fingerprint density at radius 3 is 1.35 bits per heavy atom. The number of anilines is 6. The summed E-state index contributed by atoms with van der Waals surface area (Å²) in [6, 6.07) is 73.5. The Morgan fingerprint density at radius 2 is 0.765 bits per heavy atom. The quantitative estimate of drug-likeness (QED) is 0.150. The topological polar surface area (TPSA) is 6.48 Å². The van der Waals surface area contributed by atoms with E-state index in [4.69, 9.17) is 0 Å². The third kappa shape index (κ3) is 6.37. The van der Waals surface area contributed by atoms with E-state index in [-0.39, 0.29) is 10.8 Å². The fourth-order valence-corrected chi connectivity index (χ4v) is 11.8. The molecule has 0 amide bonds. The van der Waals surface area contributed by atoms with Gasteiger partial charge in [0.1, 0.15) is 0 Å². The number of hydrogen-bond acceptors (Lipinski definition) is 2. The van der Waals surface area contributed by atoms with E-state index in [2.05, 4.69) is 259 Å². The van der Waals surface area contributed by atoms with Crippen LogP contribution in [-0.4, -0.2) is 0 Å². The molecule has 0 spiro atoms. The molecule has 0 radical (unpaired) electrons. The van der Waals surface area contributed by atoms with Crippen molar-refractivity contribution in [2.24, 2.45) is 0 Å². The highest BCUT2D eigenvalue weighted by molar-refractivity contribution is 6.12. The zero-order chi connectivity index (χ0) is 46.6. The molecule has 0 unspecified atom stereocenters. The number of hydrogen-bond donors (Lipinski definition) is 0. The van der Waals surface area contributed by atoms with Gasteiger partial charge in [0.25, 0.3) is 0 Å². The van der Waals surface area contributed by atoms with Gasteiger partial charge in [0.2, 0.25) is 0 Å². The average molecular weight is 879 g/mol. The molecule has 68 heavy (non-hydrogen) atoms. The van der Waals surface area contributed by atoms with Gasteiger partial charge in [-0.3, -0.25) is 0 Å². The Hall–Kier alpha value is -7.42. The van der Waals surface area contributed by atoms with Crippen LogP contribution in [0, 0.1) is 0 Å². The first kappa shape index (κ1) is 42.0. The highest BCUT2D eigenvalue weighted by Gasteiger charge is 2.43. The van der Waals surface area contributed by atoms with Crippen LogP contribution in [0.4, 0.5) is 34.1 Å². The molecule has 2 aliphatic rings. The second kappa shape index (κ2) is 15.6. The molecule has 0 aromatic heterocycles. The predicted molar refractivity (Wildman–Crippen MR) is 292 cm³/mol. The summed E-state index contributed by atoms with van der Waals surface area (Å²) in [7, 11) is 0. The smallest absolute Gasteiger partial charge is 0.0543 e. The SMILES string of the molecule is CC(C)c1ccc(N(c2ccc3c(c2)C(C)(C)c2cc4c(cc2-3)C(C)(C)c2cc(N(c3ccc(C(C)C)cc3)c3cccc5ccccc35)c3ccccc3c2-4)c2cccc3ccccc23)cc1. The van der Waals surface area contributed by atoms with Crippen molar-refractivity contribution in [1.82, 2.24) is 0 Å². The second-order valence-corrected chi connectivity index (χ2v) is 20.9. The van der Waals surface area contributed by atoms with Crippen molar-refractivity contribution in [3.05, 3.63) is 228 Å². The lowest BCUT2D eigenvalue weighted by molar-refractivity contribution is 0.652. The normalized spacial score (nSPS) is 14.1. The van der Waals surface area contributed by atoms with Crippen molar-refractivity contribution in [3.63, 3.8) is 0 Å². The lowest BCUT2D eigenvalue weighted by Gasteiger charge is -2.31. The van der Waals surface area contributed by atoms with Crippen molar-refractivity contribution in [3.8, 4) is 22.3 Å². The van der Waals surface area contributed by atoms with Gasteiger partial charge in [-0.05, 0) is 150 Å². The maximum absolute atomic E-state index is 2.57. The molecule has 332 valence electrons. The summed E-state index contributed by atoms with van der Waals surface area (Å²) in [6.07, 6.45) is 0. The summed E-state index contributed by atoms with van der Waals surface area (Å²) in [4.78, 5) is 4.99. The zero-order valence-electron chi connectivity index (χ0n) is 40.5. The van der Waals surface area contributed by atoms with E-state index in [1.54, 1.807) is 0 Å². The molecule has 0 N–H and O–H groups in total. The fraction of sp³-hybridized carbons (Fsp3) is 0.182. The molecule has 0 fully saturated rings. The summed E-state index contributed by atoms with van der Waals surface area (Å²) in [5.41, 5.74) is 20.2. The molecule has 2 nitrogen and oxygen atoms in total. The predicted octanol–water partition coefficient (Wildman–Crippen LogP) is 18.9. The Kier molecular flexibility index (Phi) is 9.61. The van der Waals surface area contributed by atoms with Crippen LogP contribution in [0.5, 0.6) is 0 Å². The highest BCUT2D eigenvalue weighted by Crippen LogP contribution is 2.59. The van der Waals surface area contributed by atoms with E-state index in [9.17, 15) is 0 Å². The van der Waals surface area contributed by atoms with Gasteiger partial charge in [0.15, 0.2) is 0 Å². The van der Waals surface area contributed by atoms with Crippen molar-refractivity contribution < 1.29 is 0 Å². The Morgan fingerprint density at radius 1 is 0.324 bits per heavy atom. The van der Waals surface area contributed by atoms with E-state index in [1.807, 2.05) is 0 Å². The van der Waals surface area contributed by atoms with Gasteiger partial charge in [-0.2, -0.15) is 0 Å². The van der Waals surface area contributed by atoms with Crippen molar-refractivity contribution in [2.75, 3.05) is 9.80 Å². The second-order valence-electron chi connectivity index (χ2n) is 20.9. The van der Waals surface area contributed by atoms with Gasteiger partial charge in [0, 0.05) is 44.1 Å². The molecular weight excluding hydrogens is 821 g/mol. The van der Waals surface area contributed by atoms with Crippen molar-refractivity contribution >= 4 is 66.4 Å². The minimum atomic E-state index is -0.259. The summed E-state index contributed by atoms with van der Waals surface area (Å²) < 4.78 is 0. The summed E-state index contributed by atoms with van der Waals surface area (Å²) in [6.45, 7) is 18.8. The lowest BCUT2D eigenvalue weighted by atomic mass is 9.79. The molecule has 0 heterocycles. The largest absolute Gasteiger partial charge is 0.310 e. The van der Waals surface area contributed by atoms with Crippen LogP contribution in [0.15, 0.2) is 194 Å². The molecule has 0 saturated carbocycles. The van der Waals surface area contributed by atoms with Crippen LogP contribution in [0.2, 0.25) is 0 Å². The highest BCUT2D eigenvalue weighted by atomic mass is 15.2. The molecule has 12 rings (SSSR count). The zero-order valence-corrected chi connectivity index (χ0v) is 40.5. The molecular formula is C66H58N2. The summed E-state index contributed by atoms with van der Waals surface area (Å²) >= 11 is 0. The van der Waals surface area contributed by atoms with Crippen molar-refractivity contribution in [1.29, 1.82) is 0 Å². The molecule has 0 aliphatic heterocycles. The van der Waals surface area contributed by atoms with E-state index >= 15 is 0 Å². The van der Waals surface area contributed by atoms with E-state index in [0.717, 1.165) is 11.4 Å². The summed E-state index contributed by atoms with van der Waals surface area (Å²) in [5.74, 6) is 0.915. The number of rotatable bonds is 8. The molecule has 0 bridgehead atoms. The number of benzene rings is 10. The lowest BCUT2D eigenvalue weighted by Crippen LogP contribution is -2.18. The maximum Gasteiger partial charge on any atom is 0.0543 e. The fourth-order valence-electron chi connectivity index (χ4n) is 11.8. The van der Waals surface area contributed by atoms with Gasteiger partial charge in [-0.1, -0.05) is 183 Å². The summed E-state index contributed by atoms with van der Waals surface area (Å²) in [5, 5.41) is 7.49. The first-order valence-corrected chi connectivity index (χ1v) is 24.6. The number of nitrogens with zero attached hydrogens (tertiary/aromatic N) is 2. The first-order chi connectivity index (χ1) is 32.9. The van der Waals surface area contributed by atoms with Gasteiger partial charge in [-0.25, -0.2) is 0 Å². The molecule has 0 saturated heterocycles. The van der Waals surface area contributed by atoms with E-state index in [1.165, 1.54) is 111 Å². The first-order valence-electron chi connectivity index (χ1n) is 24.6. The monoisotopic (exact) mass is 878 g/mol. The van der Waals surface area contributed by atoms with Crippen LogP contribution in [0.1, 0.15) is 101 Å². The van der Waals surface area contributed by atoms with Crippen LogP contribution < -0.4 is 9.80 Å². The molecule has 2 aliphatic carbocycles.